The van der Waals surface area contributed by atoms with E-state index in [0.717, 1.165) is 38.2 Å². The minimum absolute atomic E-state index is 0. The Balaban J connectivity index is 0.00000225. The van der Waals surface area contributed by atoms with Gasteiger partial charge in [-0.1, -0.05) is 6.07 Å². The van der Waals surface area contributed by atoms with E-state index in [9.17, 15) is 5.11 Å². The van der Waals surface area contributed by atoms with Crippen LogP contribution in [0.1, 0.15) is 5.56 Å². The summed E-state index contributed by atoms with van der Waals surface area (Å²) in [7, 11) is 0. The third-order valence-electron chi connectivity index (χ3n) is 4.57. The number of fused-ring (bicyclic) bond motifs is 1. The second-order valence-corrected chi connectivity index (χ2v) is 6.26. The van der Waals surface area contributed by atoms with Crippen LogP contribution >= 0.6 is 12.4 Å². The van der Waals surface area contributed by atoms with Crippen LogP contribution in [0.5, 0.6) is 11.8 Å². The minimum Gasteiger partial charge on any atom is -0.494 e. The van der Waals surface area contributed by atoms with Crippen LogP contribution in [-0.2, 0) is 4.74 Å². The zero-order valence-electron chi connectivity index (χ0n) is 15.1. The number of hydrogen-bond donors (Lipinski definition) is 2. The Kier molecular flexibility index (Phi) is 6.31. The van der Waals surface area contributed by atoms with Crippen LogP contribution in [0.15, 0.2) is 30.6 Å². The predicted molar refractivity (Wildman–Crippen MR) is 106 cm³/mol. The van der Waals surface area contributed by atoms with Gasteiger partial charge in [-0.05, 0) is 12.1 Å². The van der Waals surface area contributed by atoms with Gasteiger partial charge in [-0.25, -0.2) is 9.97 Å². The number of aromatic amines is 1. The summed E-state index contributed by atoms with van der Waals surface area (Å²) in [6.45, 7) is 4.65. The molecule has 8 nitrogen and oxygen atoms in total. The molecule has 0 amide bonds. The summed E-state index contributed by atoms with van der Waals surface area (Å²) in [6, 6.07) is 8.99. The smallest absolute Gasteiger partial charge is 0.216 e. The predicted octanol–water partition coefficient (Wildman–Crippen LogP) is 2.33. The quantitative estimate of drug-likeness (QED) is 0.675. The molecule has 2 N–H and O–H groups in total. The lowest BCUT2D eigenvalue weighted by molar-refractivity contribution is 0.0320. The molecule has 2 aromatic heterocycles. The van der Waals surface area contributed by atoms with Crippen LogP contribution in [0.25, 0.3) is 22.2 Å². The molecule has 9 heteroatoms. The number of hydrogen-bond acceptors (Lipinski definition) is 7. The highest BCUT2D eigenvalue weighted by atomic mass is 35.5. The topological polar surface area (TPSA) is 107 Å². The van der Waals surface area contributed by atoms with E-state index in [1.54, 1.807) is 24.3 Å². The summed E-state index contributed by atoms with van der Waals surface area (Å²) in [6.07, 6.45) is 1.42. The number of morpholine rings is 1. The summed E-state index contributed by atoms with van der Waals surface area (Å²) >= 11 is 0. The lowest BCUT2D eigenvalue weighted by atomic mass is 10.1. The van der Waals surface area contributed by atoms with Gasteiger partial charge in [0.1, 0.15) is 12.9 Å². The van der Waals surface area contributed by atoms with E-state index in [0.29, 0.717) is 34.8 Å². The van der Waals surface area contributed by atoms with E-state index in [2.05, 4.69) is 25.9 Å². The summed E-state index contributed by atoms with van der Waals surface area (Å²) < 4.78 is 11.1. The van der Waals surface area contributed by atoms with Crippen molar-refractivity contribution < 1.29 is 14.6 Å². The third kappa shape index (κ3) is 4.17. The number of halogens is 1. The average Bonchev–Trinajstić information content (AvgIpc) is 3.03. The van der Waals surface area contributed by atoms with Crippen LogP contribution in [0, 0.1) is 11.3 Å². The van der Waals surface area contributed by atoms with E-state index < -0.39 is 0 Å². The normalized spacial score (nSPS) is 14.4. The Morgan fingerprint density at radius 2 is 2.07 bits per heavy atom. The summed E-state index contributed by atoms with van der Waals surface area (Å²) in [5, 5.41) is 20.1. The van der Waals surface area contributed by atoms with Gasteiger partial charge in [0.25, 0.3) is 0 Å². The first-order chi connectivity index (χ1) is 13.2. The molecule has 1 aliphatic heterocycles. The molecular weight excluding hydrogens is 382 g/mol. The Morgan fingerprint density at radius 1 is 1.25 bits per heavy atom. The fourth-order valence-electron chi connectivity index (χ4n) is 3.17. The first-order valence-corrected chi connectivity index (χ1v) is 8.75. The van der Waals surface area contributed by atoms with Gasteiger partial charge >= 0.3 is 0 Å². The zero-order valence-corrected chi connectivity index (χ0v) is 15.9. The van der Waals surface area contributed by atoms with Crippen molar-refractivity contribution in [2.24, 2.45) is 0 Å². The van der Waals surface area contributed by atoms with Crippen LogP contribution in [-0.4, -0.2) is 64.4 Å². The van der Waals surface area contributed by atoms with Crippen molar-refractivity contribution in [3.8, 4) is 29.1 Å². The number of H-pyrrole nitrogens is 1. The Bertz CT molecular complexity index is 995. The number of aromatic nitrogens is 3. The van der Waals surface area contributed by atoms with Crippen LogP contribution in [0.4, 0.5) is 0 Å². The number of ether oxygens (including phenoxy) is 2. The van der Waals surface area contributed by atoms with Crippen molar-refractivity contribution in [3.63, 3.8) is 0 Å². The molecule has 28 heavy (non-hydrogen) atoms. The van der Waals surface area contributed by atoms with Crippen molar-refractivity contribution in [3.05, 3.63) is 36.2 Å². The van der Waals surface area contributed by atoms with Crippen molar-refractivity contribution in [2.45, 2.75) is 0 Å². The minimum atomic E-state index is -0.00180. The first kappa shape index (κ1) is 19.9. The molecule has 1 fully saturated rings. The van der Waals surface area contributed by atoms with Gasteiger partial charge in [0.05, 0.1) is 41.6 Å². The first-order valence-electron chi connectivity index (χ1n) is 8.75. The second kappa shape index (κ2) is 8.89. The lowest BCUT2D eigenvalue weighted by Crippen LogP contribution is -2.38. The number of aromatic hydroxyl groups is 1. The van der Waals surface area contributed by atoms with Gasteiger partial charge in [-0.3, -0.25) is 4.90 Å². The molecule has 0 aliphatic carbocycles. The lowest BCUT2D eigenvalue weighted by Gasteiger charge is -2.26. The molecule has 0 radical (unpaired) electrons. The molecule has 1 aliphatic rings. The van der Waals surface area contributed by atoms with Crippen molar-refractivity contribution in [2.75, 3.05) is 39.5 Å². The van der Waals surface area contributed by atoms with Gasteiger partial charge in [0.15, 0.2) is 5.88 Å². The largest absolute Gasteiger partial charge is 0.494 e. The maximum absolute atomic E-state index is 10.3. The maximum Gasteiger partial charge on any atom is 0.216 e. The van der Waals surface area contributed by atoms with E-state index >= 15 is 0 Å². The average molecular weight is 402 g/mol. The molecule has 1 saturated heterocycles. The van der Waals surface area contributed by atoms with Gasteiger partial charge in [0, 0.05) is 31.1 Å². The number of rotatable bonds is 5. The molecule has 0 saturated carbocycles. The number of benzene rings is 1. The van der Waals surface area contributed by atoms with Crippen molar-refractivity contribution in [1.82, 2.24) is 19.9 Å². The fraction of sp³-hybridized carbons (Fsp3) is 0.316. The van der Waals surface area contributed by atoms with E-state index in [-0.39, 0.29) is 18.3 Å². The molecule has 1 aromatic carbocycles. The molecule has 0 atom stereocenters. The van der Waals surface area contributed by atoms with E-state index in [1.165, 1.54) is 6.33 Å². The van der Waals surface area contributed by atoms with Crippen molar-refractivity contribution in [1.29, 1.82) is 5.26 Å². The Labute approximate surface area is 168 Å². The van der Waals surface area contributed by atoms with Gasteiger partial charge < -0.3 is 19.6 Å². The molecule has 0 spiro atoms. The summed E-state index contributed by atoms with van der Waals surface area (Å²) in [4.78, 5) is 13.6. The van der Waals surface area contributed by atoms with Crippen LogP contribution < -0.4 is 4.74 Å². The van der Waals surface area contributed by atoms with Crippen molar-refractivity contribution >= 4 is 23.3 Å². The van der Waals surface area contributed by atoms with E-state index in [1.807, 2.05) is 0 Å². The van der Waals surface area contributed by atoms with Gasteiger partial charge in [0.2, 0.25) is 5.88 Å². The summed E-state index contributed by atoms with van der Waals surface area (Å²) in [5.41, 5.74) is 2.31. The van der Waals surface area contributed by atoms with Gasteiger partial charge in [-0.2, -0.15) is 5.26 Å². The second-order valence-electron chi connectivity index (χ2n) is 6.26. The van der Waals surface area contributed by atoms with Crippen LogP contribution in [0.3, 0.4) is 0 Å². The highest BCUT2D eigenvalue weighted by Crippen LogP contribution is 2.36. The third-order valence-corrected chi connectivity index (χ3v) is 4.57. The molecular formula is C19H20ClN5O3. The number of nitriles is 1. The number of nitrogens with one attached hydrogen (secondary N) is 1. The van der Waals surface area contributed by atoms with Gasteiger partial charge in [-0.15, -0.1) is 12.4 Å². The molecule has 0 unspecified atom stereocenters. The molecule has 3 aromatic rings. The maximum atomic E-state index is 10.3. The molecule has 0 bridgehead atoms. The highest BCUT2D eigenvalue weighted by Gasteiger charge is 2.16. The van der Waals surface area contributed by atoms with Crippen LogP contribution in [0.2, 0.25) is 0 Å². The SMILES string of the molecule is Cl.N#Cc1ccc2c(-c3cc(OCCN4CCOCC4)ncn3)c(O)[nH]c2c1. The highest BCUT2D eigenvalue weighted by molar-refractivity contribution is 5.98. The molecule has 146 valence electrons. The Morgan fingerprint density at radius 3 is 2.86 bits per heavy atom. The number of nitrogens with zero attached hydrogens (tertiary/aromatic N) is 4. The monoisotopic (exact) mass is 401 g/mol. The fourth-order valence-corrected chi connectivity index (χ4v) is 3.17. The molecule has 4 rings (SSSR count). The molecule has 3 heterocycles. The Hall–Kier alpha value is -2.86. The zero-order chi connectivity index (χ0) is 18.6. The summed E-state index contributed by atoms with van der Waals surface area (Å²) in [5.74, 6) is 0.453. The standard InChI is InChI=1S/C19H19N5O3.ClH/c20-11-13-1-2-14-15(9-13)23-19(25)18(14)16-10-17(22-12-21-16)27-8-5-24-3-6-26-7-4-24;/h1-2,9-10,12,23,25H,3-8H2;1H. The van der Waals surface area contributed by atoms with E-state index in [4.69, 9.17) is 14.7 Å².